The van der Waals surface area contributed by atoms with Crippen LogP contribution in [0.2, 0.25) is 0 Å². The van der Waals surface area contributed by atoms with E-state index < -0.39 is 7.60 Å². The molecule has 0 aliphatic rings. The Morgan fingerprint density at radius 3 is 2.27 bits per heavy atom. The predicted molar refractivity (Wildman–Crippen MR) is 89.3 cm³/mol. The first-order chi connectivity index (χ1) is 10.5. The number of benzene rings is 1. The van der Waals surface area contributed by atoms with Crippen LogP contribution in [0.4, 0.5) is 0 Å². The van der Waals surface area contributed by atoms with Crippen molar-refractivity contribution in [3.05, 3.63) is 35.9 Å². The minimum absolute atomic E-state index is 0.0432. The second kappa shape index (κ2) is 9.94. The zero-order valence-corrected chi connectivity index (χ0v) is 14.7. The van der Waals surface area contributed by atoms with Gasteiger partial charge >= 0.3 is 7.60 Å². The van der Waals surface area contributed by atoms with Crippen molar-refractivity contribution in [2.75, 3.05) is 19.4 Å². The molecule has 0 saturated heterocycles. The highest BCUT2D eigenvalue weighted by Crippen LogP contribution is 2.48. The molecular weight excluding hydrogens is 299 g/mol. The molecule has 4 nitrogen and oxygen atoms in total. The molecule has 0 aliphatic carbocycles. The molecule has 0 heterocycles. The van der Waals surface area contributed by atoms with Crippen molar-refractivity contribution >= 4 is 13.4 Å². The van der Waals surface area contributed by atoms with Crippen molar-refractivity contribution < 1.29 is 18.4 Å². The molecule has 5 heteroatoms. The molecule has 124 valence electrons. The molecule has 0 spiro atoms. The maximum absolute atomic E-state index is 12.4. The smallest absolute Gasteiger partial charge is 0.309 e. The molecule has 0 amide bonds. The topological polar surface area (TPSA) is 52.6 Å². The standard InChI is InChI=1S/C17H27O4P/c1-4-20-22(19,21-5-2)14-17(18)15(3)10-9-13-16-11-7-6-8-12-16/h6-8,11-12,15H,4-5,9-10,13-14H2,1-3H3/t15-/m0/s1. The summed E-state index contributed by atoms with van der Waals surface area (Å²) in [6.07, 6.45) is 2.55. The lowest BCUT2D eigenvalue weighted by Gasteiger charge is -2.18. The van der Waals surface area contributed by atoms with E-state index in [9.17, 15) is 9.36 Å². The Hall–Kier alpha value is -0.960. The number of carbonyl (C=O) groups excluding carboxylic acids is 1. The summed E-state index contributed by atoms with van der Waals surface area (Å²) in [6, 6.07) is 10.2. The van der Waals surface area contributed by atoms with Gasteiger partial charge in [-0.05, 0) is 38.7 Å². The van der Waals surface area contributed by atoms with Crippen molar-refractivity contribution in [3.63, 3.8) is 0 Å². The second-order valence-corrected chi connectivity index (χ2v) is 7.40. The molecule has 0 N–H and O–H groups in total. The minimum Gasteiger partial charge on any atom is -0.309 e. The van der Waals surface area contributed by atoms with Crippen LogP contribution >= 0.6 is 7.60 Å². The van der Waals surface area contributed by atoms with Gasteiger partial charge in [-0.2, -0.15) is 0 Å². The zero-order chi connectivity index (χ0) is 16.4. The van der Waals surface area contributed by atoms with Crippen molar-refractivity contribution in [2.24, 2.45) is 5.92 Å². The van der Waals surface area contributed by atoms with E-state index in [0.717, 1.165) is 19.3 Å². The van der Waals surface area contributed by atoms with Gasteiger partial charge in [-0.1, -0.05) is 37.3 Å². The van der Waals surface area contributed by atoms with E-state index in [1.165, 1.54) is 5.56 Å². The van der Waals surface area contributed by atoms with E-state index in [2.05, 4.69) is 12.1 Å². The lowest BCUT2D eigenvalue weighted by atomic mass is 9.98. The maximum Gasteiger partial charge on any atom is 0.338 e. The Bertz CT molecular complexity index is 477. The molecule has 22 heavy (non-hydrogen) atoms. The monoisotopic (exact) mass is 326 g/mol. The van der Waals surface area contributed by atoms with Crippen LogP contribution in [0.25, 0.3) is 0 Å². The SMILES string of the molecule is CCOP(=O)(CC(=O)[C@@H](C)CCCc1ccccc1)OCC. The molecule has 0 radical (unpaired) electrons. The molecular formula is C17H27O4P. The molecule has 0 fully saturated rings. The highest BCUT2D eigenvalue weighted by atomic mass is 31.2. The summed E-state index contributed by atoms with van der Waals surface area (Å²) < 4.78 is 22.7. The molecule has 1 atom stereocenters. The molecule has 0 aromatic heterocycles. The van der Waals surface area contributed by atoms with Crippen LogP contribution in [0.15, 0.2) is 30.3 Å². The predicted octanol–water partition coefficient (Wildman–Crippen LogP) is 4.48. The van der Waals surface area contributed by atoms with Crippen LogP contribution in [0, 0.1) is 5.92 Å². The number of ketones is 1. The van der Waals surface area contributed by atoms with Crippen molar-refractivity contribution in [2.45, 2.75) is 40.0 Å². The van der Waals surface area contributed by atoms with Crippen molar-refractivity contribution in [1.82, 2.24) is 0 Å². The summed E-state index contributed by atoms with van der Waals surface area (Å²) in [7, 11) is -3.27. The number of hydrogen-bond acceptors (Lipinski definition) is 4. The van der Waals surface area contributed by atoms with Crippen LogP contribution in [-0.2, 0) is 24.8 Å². The fourth-order valence-corrected chi connectivity index (χ4v) is 4.02. The van der Waals surface area contributed by atoms with E-state index in [0.29, 0.717) is 0 Å². The van der Waals surface area contributed by atoms with Gasteiger partial charge in [0, 0.05) is 5.92 Å². The normalized spacial score (nSPS) is 13.0. The van der Waals surface area contributed by atoms with Gasteiger partial charge in [-0.25, -0.2) is 0 Å². The van der Waals surface area contributed by atoms with Crippen molar-refractivity contribution in [3.8, 4) is 0 Å². The van der Waals surface area contributed by atoms with E-state index in [4.69, 9.17) is 9.05 Å². The molecule has 0 saturated carbocycles. The van der Waals surface area contributed by atoms with Crippen LogP contribution in [0.3, 0.4) is 0 Å². The van der Waals surface area contributed by atoms with Gasteiger partial charge in [0.25, 0.3) is 0 Å². The van der Waals surface area contributed by atoms with Gasteiger partial charge in [0.2, 0.25) is 0 Å². The molecule has 0 bridgehead atoms. The first kappa shape index (κ1) is 19.1. The number of aryl methyl sites for hydroxylation is 1. The summed E-state index contributed by atoms with van der Waals surface area (Å²) in [6.45, 7) is 5.95. The fraction of sp³-hybridized carbons (Fsp3) is 0.588. The van der Waals surface area contributed by atoms with E-state index in [-0.39, 0.29) is 31.1 Å². The van der Waals surface area contributed by atoms with E-state index >= 15 is 0 Å². The van der Waals surface area contributed by atoms with Crippen LogP contribution in [0.1, 0.15) is 39.2 Å². The average molecular weight is 326 g/mol. The summed E-state index contributed by atoms with van der Waals surface area (Å²) in [4.78, 5) is 12.2. The van der Waals surface area contributed by atoms with Crippen LogP contribution in [-0.4, -0.2) is 25.2 Å². The van der Waals surface area contributed by atoms with Crippen LogP contribution < -0.4 is 0 Å². The number of rotatable bonds is 11. The third-order valence-corrected chi connectivity index (χ3v) is 5.50. The third-order valence-electron chi connectivity index (χ3n) is 3.50. The van der Waals surface area contributed by atoms with Gasteiger partial charge in [0.1, 0.15) is 11.9 Å². The lowest BCUT2D eigenvalue weighted by Crippen LogP contribution is -2.17. The quantitative estimate of drug-likeness (QED) is 0.563. The first-order valence-corrected chi connectivity index (χ1v) is 9.68. The maximum atomic E-state index is 12.4. The minimum atomic E-state index is -3.27. The molecule has 0 aliphatic heterocycles. The number of Topliss-reactive ketones (excluding diaryl/α,β-unsaturated/α-hetero) is 1. The fourth-order valence-electron chi connectivity index (χ4n) is 2.29. The Labute approximate surface area is 133 Å². The Balaban J connectivity index is 2.42. The second-order valence-electron chi connectivity index (χ2n) is 5.35. The van der Waals surface area contributed by atoms with Gasteiger partial charge in [-0.15, -0.1) is 0 Å². The summed E-state index contributed by atoms with van der Waals surface area (Å²) in [5, 5.41) is 0. The number of hydrogen-bond donors (Lipinski definition) is 0. The Morgan fingerprint density at radius 1 is 1.14 bits per heavy atom. The molecule has 0 unspecified atom stereocenters. The average Bonchev–Trinajstić information content (AvgIpc) is 2.48. The molecule has 1 rings (SSSR count). The highest BCUT2D eigenvalue weighted by molar-refractivity contribution is 7.54. The Morgan fingerprint density at radius 2 is 1.73 bits per heavy atom. The van der Waals surface area contributed by atoms with Crippen molar-refractivity contribution in [1.29, 1.82) is 0 Å². The van der Waals surface area contributed by atoms with Gasteiger partial charge in [0.15, 0.2) is 0 Å². The highest BCUT2D eigenvalue weighted by Gasteiger charge is 2.29. The van der Waals surface area contributed by atoms with Crippen LogP contribution in [0.5, 0.6) is 0 Å². The summed E-state index contributed by atoms with van der Waals surface area (Å²) in [5.41, 5.74) is 1.27. The van der Waals surface area contributed by atoms with E-state index in [1.54, 1.807) is 13.8 Å². The first-order valence-electron chi connectivity index (χ1n) is 7.95. The zero-order valence-electron chi connectivity index (χ0n) is 13.8. The van der Waals surface area contributed by atoms with Gasteiger partial charge < -0.3 is 9.05 Å². The van der Waals surface area contributed by atoms with Gasteiger partial charge in [0.05, 0.1) is 13.2 Å². The van der Waals surface area contributed by atoms with E-state index in [1.807, 2.05) is 25.1 Å². The lowest BCUT2D eigenvalue weighted by molar-refractivity contribution is -0.120. The molecule has 1 aromatic carbocycles. The summed E-state index contributed by atoms with van der Waals surface area (Å²) >= 11 is 0. The largest absolute Gasteiger partial charge is 0.338 e. The Kier molecular flexibility index (Phi) is 8.62. The summed E-state index contributed by atoms with van der Waals surface area (Å²) in [5.74, 6) is -0.170. The third kappa shape index (κ3) is 6.87. The number of carbonyl (C=O) groups is 1. The van der Waals surface area contributed by atoms with Gasteiger partial charge in [-0.3, -0.25) is 9.36 Å². The molecule has 1 aromatic rings.